The van der Waals surface area contributed by atoms with Crippen molar-refractivity contribution in [1.29, 1.82) is 0 Å². The molecule has 0 aliphatic rings. The van der Waals surface area contributed by atoms with Crippen LogP contribution in [-0.2, 0) is 6.54 Å². The Bertz CT molecular complexity index is 1520. The fourth-order valence-electron chi connectivity index (χ4n) is 4.14. The summed E-state index contributed by atoms with van der Waals surface area (Å²) >= 11 is 0. The van der Waals surface area contributed by atoms with Crippen LogP contribution in [0.5, 0.6) is 0 Å². The molecule has 0 aliphatic carbocycles. The molecule has 0 amide bonds. The molecule has 0 unspecified atom stereocenters. The summed E-state index contributed by atoms with van der Waals surface area (Å²) < 4.78 is 44.8. The third kappa shape index (κ3) is 4.32. The highest BCUT2D eigenvalue weighted by Crippen LogP contribution is 2.35. The standard InChI is InChI=1S/C27H24F3N5/c1-15-31-21-13-12-20(32-26(21)35(15)14-27(2,3)4)24-23(16-8-10-17(28)11-9-16)33-25(34-24)22-18(29)6-5-7-19(22)30/h5-13H,14H2,1-4H3,(H,33,34). The van der Waals surface area contributed by atoms with E-state index in [2.05, 4.69) is 40.3 Å². The van der Waals surface area contributed by atoms with E-state index in [4.69, 9.17) is 4.98 Å². The Hall–Kier alpha value is -3.94. The van der Waals surface area contributed by atoms with Crippen molar-refractivity contribution in [3.8, 4) is 34.0 Å². The van der Waals surface area contributed by atoms with Gasteiger partial charge in [0.05, 0.1) is 22.6 Å². The van der Waals surface area contributed by atoms with E-state index < -0.39 is 17.5 Å². The average Bonchev–Trinajstić information content (AvgIpc) is 3.34. The zero-order valence-electron chi connectivity index (χ0n) is 19.8. The molecule has 0 spiro atoms. The predicted molar refractivity (Wildman–Crippen MR) is 130 cm³/mol. The number of fused-ring (bicyclic) bond motifs is 1. The number of rotatable bonds is 4. The maximum Gasteiger partial charge on any atom is 0.160 e. The Kier molecular flexibility index (Phi) is 5.46. The summed E-state index contributed by atoms with van der Waals surface area (Å²) in [7, 11) is 0. The first kappa shape index (κ1) is 22.8. The highest BCUT2D eigenvalue weighted by molar-refractivity contribution is 5.83. The fraction of sp³-hybridized carbons (Fsp3) is 0.222. The lowest BCUT2D eigenvalue weighted by Crippen LogP contribution is -2.16. The Labute approximate surface area is 200 Å². The number of halogens is 3. The molecule has 0 fully saturated rings. The van der Waals surface area contributed by atoms with Crippen LogP contribution in [0.3, 0.4) is 0 Å². The van der Waals surface area contributed by atoms with Gasteiger partial charge in [0.1, 0.15) is 34.6 Å². The second-order valence-electron chi connectivity index (χ2n) is 9.76. The Morgan fingerprint density at radius 2 is 1.54 bits per heavy atom. The van der Waals surface area contributed by atoms with Crippen molar-refractivity contribution >= 4 is 11.2 Å². The lowest BCUT2D eigenvalue weighted by atomic mass is 9.97. The lowest BCUT2D eigenvalue weighted by Gasteiger charge is -2.20. The smallest absolute Gasteiger partial charge is 0.160 e. The van der Waals surface area contributed by atoms with Gasteiger partial charge in [-0.15, -0.1) is 0 Å². The number of H-pyrrole nitrogens is 1. The fourth-order valence-corrected chi connectivity index (χ4v) is 4.14. The van der Waals surface area contributed by atoms with E-state index in [1.807, 2.05) is 13.0 Å². The van der Waals surface area contributed by atoms with E-state index in [-0.39, 0.29) is 16.8 Å². The van der Waals surface area contributed by atoms with Gasteiger partial charge in [0.25, 0.3) is 0 Å². The third-order valence-electron chi connectivity index (χ3n) is 5.69. The summed E-state index contributed by atoms with van der Waals surface area (Å²) in [6, 6.07) is 13.1. The molecule has 3 heterocycles. The largest absolute Gasteiger partial charge is 0.336 e. The number of benzene rings is 2. The number of hydrogen-bond acceptors (Lipinski definition) is 3. The van der Waals surface area contributed by atoms with Crippen molar-refractivity contribution in [3.05, 3.63) is 77.9 Å². The average molecular weight is 476 g/mol. The number of imidazole rings is 2. The molecule has 35 heavy (non-hydrogen) atoms. The quantitative estimate of drug-likeness (QED) is 0.307. The van der Waals surface area contributed by atoms with Crippen LogP contribution in [0, 0.1) is 29.8 Å². The molecule has 0 bridgehead atoms. The van der Waals surface area contributed by atoms with E-state index in [1.165, 1.54) is 30.3 Å². The van der Waals surface area contributed by atoms with Gasteiger partial charge in [-0.1, -0.05) is 26.8 Å². The summed E-state index contributed by atoms with van der Waals surface area (Å²) in [5.74, 6) is -1.00. The zero-order valence-corrected chi connectivity index (χ0v) is 19.8. The minimum Gasteiger partial charge on any atom is -0.336 e. The maximum atomic E-state index is 14.6. The van der Waals surface area contributed by atoms with Crippen LogP contribution in [-0.4, -0.2) is 24.5 Å². The molecule has 5 aromatic rings. The molecule has 0 atom stereocenters. The van der Waals surface area contributed by atoms with E-state index >= 15 is 0 Å². The van der Waals surface area contributed by atoms with Crippen molar-refractivity contribution < 1.29 is 13.2 Å². The van der Waals surface area contributed by atoms with Crippen molar-refractivity contribution in [2.45, 2.75) is 34.2 Å². The number of aromatic nitrogens is 5. The minimum absolute atomic E-state index is 0.00112. The van der Waals surface area contributed by atoms with Crippen molar-refractivity contribution in [3.63, 3.8) is 0 Å². The maximum absolute atomic E-state index is 14.6. The Balaban J connectivity index is 1.73. The predicted octanol–water partition coefficient (Wildman–Crippen LogP) is 6.93. The highest BCUT2D eigenvalue weighted by atomic mass is 19.1. The van der Waals surface area contributed by atoms with E-state index in [0.29, 0.717) is 34.8 Å². The van der Waals surface area contributed by atoms with Crippen LogP contribution in [0.15, 0.2) is 54.6 Å². The zero-order chi connectivity index (χ0) is 24.9. The minimum atomic E-state index is -0.738. The molecule has 2 aromatic carbocycles. The topological polar surface area (TPSA) is 59.4 Å². The molecule has 8 heteroatoms. The lowest BCUT2D eigenvalue weighted by molar-refractivity contribution is 0.344. The molecule has 0 saturated heterocycles. The van der Waals surface area contributed by atoms with Crippen molar-refractivity contribution in [2.75, 3.05) is 0 Å². The second kappa shape index (κ2) is 8.37. The third-order valence-corrected chi connectivity index (χ3v) is 5.69. The first-order valence-electron chi connectivity index (χ1n) is 11.3. The number of aromatic amines is 1. The Morgan fingerprint density at radius 1 is 0.857 bits per heavy atom. The molecule has 0 saturated carbocycles. The summed E-state index contributed by atoms with van der Waals surface area (Å²) in [5, 5.41) is 0. The van der Waals surface area contributed by atoms with Crippen molar-refractivity contribution in [2.24, 2.45) is 5.41 Å². The van der Waals surface area contributed by atoms with Gasteiger partial charge in [-0.25, -0.2) is 28.1 Å². The van der Waals surface area contributed by atoms with Crippen LogP contribution in [0.1, 0.15) is 26.6 Å². The monoisotopic (exact) mass is 475 g/mol. The van der Waals surface area contributed by atoms with Crippen LogP contribution < -0.4 is 0 Å². The van der Waals surface area contributed by atoms with Gasteiger partial charge in [0.2, 0.25) is 0 Å². The SMILES string of the molecule is Cc1nc2ccc(-c3[nH]c(-c4c(F)cccc4F)nc3-c3ccc(F)cc3)nc2n1CC(C)(C)C. The van der Waals surface area contributed by atoms with Crippen molar-refractivity contribution in [1.82, 2.24) is 24.5 Å². The van der Waals surface area contributed by atoms with Gasteiger partial charge in [0, 0.05) is 12.1 Å². The molecule has 3 aromatic heterocycles. The van der Waals surface area contributed by atoms with Crippen LogP contribution in [0.25, 0.3) is 45.2 Å². The summed E-state index contributed by atoms with van der Waals surface area (Å²) in [4.78, 5) is 17.1. The number of nitrogens with one attached hydrogen (secondary N) is 1. The van der Waals surface area contributed by atoms with Gasteiger partial charge in [-0.05, 0) is 60.9 Å². The number of hydrogen-bond donors (Lipinski definition) is 1. The molecular weight excluding hydrogens is 451 g/mol. The highest BCUT2D eigenvalue weighted by Gasteiger charge is 2.22. The first-order chi connectivity index (χ1) is 16.6. The van der Waals surface area contributed by atoms with E-state index in [0.717, 1.165) is 11.3 Å². The van der Waals surface area contributed by atoms with Gasteiger partial charge in [-0.2, -0.15) is 0 Å². The van der Waals surface area contributed by atoms with Crippen LogP contribution in [0.4, 0.5) is 13.2 Å². The van der Waals surface area contributed by atoms with Crippen LogP contribution >= 0.6 is 0 Å². The Morgan fingerprint density at radius 3 is 2.20 bits per heavy atom. The molecule has 1 N–H and O–H groups in total. The normalized spacial score (nSPS) is 12.0. The first-order valence-corrected chi connectivity index (χ1v) is 11.3. The van der Waals surface area contributed by atoms with Gasteiger partial charge in [0.15, 0.2) is 5.65 Å². The summed E-state index contributed by atoms with van der Waals surface area (Å²) in [5.41, 5.74) is 3.18. The summed E-state index contributed by atoms with van der Waals surface area (Å²) in [6.45, 7) is 9.06. The molecular formula is C27H24F3N5. The van der Waals surface area contributed by atoms with Gasteiger partial charge < -0.3 is 9.55 Å². The number of pyridine rings is 1. The van der Waals surface area contributed by atoms with Gasteiger partial charge >= 0.3 is 0 Å². The molecule has 5 nitrogen and oxygen atoms in total. The second-order valence-corrected chi connectivity index (χ2v) is 9.76. The van der Waals surface area contributed by atoms with Gasteiger partial charge in [-0.3, -0.25) is 0 Å². The molecule has 0 radical (unpaired) electrons. The molecule has 5 rings (SSSR count). The van der Waals surface area contributed by atoms with Crippen LogP contribution in [0.2, 0.25) is 0 Å². The molecule has 178 valence electrons. The summed E-state index contributed by atoms with van der Waals surface area (Å²) in [6.07, 6.45) is 0. The van der Waals surface area contributed by atoms with E-state index in [9.17, 15) is 13.2 Å². The molecule has 0 aliphatic heterocycles. The number of nitrogens with zero attached hydrogens (tertiary/aromatic N) is 4. The van der Waals surface area contributed by atoms with E-state index in [1.54, 1.807) is 18.2 Å². The number of aryl methyl sites for hydroxylation is 1.